The maximum Gasteiger partial charge on any atom is 0.276 e. The van der Waals surface area contributed by atoms with Crippen LogP contribution in [0.15, 0.2) is 59.1 Å². The van der Waals surface area contributed by atoms with Crippen LogP contribution in [0.5, 0.6) is 11.5 Å². The van der Waals surface area contributed by atoms with Crippen molar-refractivity contribution in [2.24, 2.45) is 10.7 Å². The van der Waals surface area contributed by atoms with Crippen molar-refractivity contribution in [3.63, 3.8) is 0 Å². The molecular formula is C47H58N12O7. The molecule has 5 N–H and O–H groups in total. The fourth-order valence-electron chi connectivity index (χ4n) is 8.67. The number of carbonyl (C=O) groups excluding carboxylic acids is 4. The molecule has 3 aromatic heterocycles. The van der Waals surface area contributed by atoms with Crippen LogP contribution < -0.4 is 31.2 Å². The topological polar surface area (TPSA) is 227 Å². The number of aryl methyl sites for hydroxylation is 2. The van der Waals surface area contributed by atoms with Crippen molar-refractivity contribution >= 4 is 63.3 Å². The first kappa shape index (κ1) is 45.7. The van der Waals surface area contributed by atoms with Gasteiger partial charge in [0.25, 0.3) is 17.7 Å². The van der Waals surface area contributed by atoms with Crippen molar-refractivity contribution in [2.75, 3.05) is 56.7 Å². The van der Waals surface area contributed by atoms with Crippen molar-refractivity contribution in [3.05, 3.63) is 76.6 Å². The van der Waals surface area contributed by atoms with Gasteiger partial charge in [0, 0.05) is 73.6 Å². The number of nitrogens with one attached hydrogen (secondary N) is 3. The molecule has 1 unspecified atom stereocenters. The lowest BCUT2D eigenvalue weighted by Crippen LogP contribution is -2.53. The van der Waals surface area contributed by atoms with Crippen molar-refractivity contribution < 1.29 is 33.4 Å². The largest absolute Gasteiger partial charge is 0.491 e. The predicted molar refractivity (Wildman–Crippen MR) is 251 cm³/mol. The van der Waals surface area contributed by atoms with Gasteiger partial charge in [-0.05, 0) is 83.9 Å². The van der Waals surface area contributed by atoms with Gasteiger partial charge in [-0.3, -0.25) is 44.4 Å². The fourth-order valence-corrected chi connectivity index (χ4v) is 8.67. The SMILES string of the molecule is CCC1N=C(C)C=C1C(=O)Nc1nc2cc(C(N)=O)cc3c2n1C/C=C/Cn1c(NC(=O)c2cc(C)nn2CC)nc2cc(C(=O)NCCCN4CCOCC4(C)C)cc(c21)OCCCO3. The van der Waals surface area contributed by atoms with Gasteiger partial charge in [0.1, 0.15) is 28.2 Å². The number of hydrogen-bond donors (Lipinski definition) is 4. The number of amides is 4. The van der Waals surface area contributed by atoms with Crippen molar-refractivity contribution in [2.45, 2.75) is 92.0 Å². The third-order valence-corrected chi connectivity index (χ3v) is 12.0. The van der Waals surface area contributed by atoms with Crippen LogP contribution in [0.3, 0.4) is 0 Å². The first-order valence-corrected chi connectivity index (χ1v) is 22.6. The number of nitrogens with zero attached hydrogens (tertiary/aromatic N) is 8. The van der Waals surface area contributed by atoms with E-state index < -0.39 is 11.8 Å². The molecule has 66 heavy (non-hydrogen) atoms. The number of carbonyl (C=O) groups is 4. The zero-order chi connectivity index (χ0) is 46.7. The normalized spacial score (nSPS) is 18.1. The molecule has 19 heteroatoms. The Hall–Kier alpha value is -6.86. The summed E-state index contributed by atoms with van der Waals surface area (Å²) >= 11 is 0. The van der Waals surface area contributed by atoms with Crippen LogP contribution in [0.2, 0.25) is 0 Å². The zero-order valence-corrected chi connectivity index (χ0v) is 38.4. The summed E-state index contributed by atoms with van der Waals surface area (Å²) in [6, 6.07) is 8.00. The molecule has 0 spiro atoms. The number of rotatable bonds is 12. The molecule has 3 aliphatic heterocycles. The van der Waals surface area contributed by atoms with E-state index in [0.717, 1.165) is 25.2 Å². The second-order valence-corrected chi connectivity index (χ2v) is 17.3. The van der Waals surface area contributed by atoms with E-state index >= 15 is 0 Å². The van der Waals surface area contributed by atoms with Crippen LogP contribution in [0.25, 0.3) is 22.1 Å². The van der Waals surface area contributed by atoms with Crippen LogP contribution >= 0.6 is 0 Å². The number of nitrogens with two attached hydrogens (primary N) is 1. The molecule has 1 fully saturated rings. The minimum Gasteiger partial charge on any atom is -0.491 e. The summed E-state index contributed by atoms with van der Waals surface area (Å²) in [5, 5.41) is 13.5. The van der Waals surface area contributed by atoms with E-state index in [1.165, 1.54) is 0 Å². The number of benzene rings is 2. The van der Waals surface area contributed by atoms with Gasteiger partial charge in [0.15, 0.2) is 0 Å². The number of morpholine rings is 1. The Morgan fingerprint density at radius 2 is 1.47 bits per heavy atom. The number of aromatic nitrogens is 6. The van der Waals surface area contributed by atoms with E-state index in [-0.39, 0.29) is 67.2 Å². The third-order valence-electron chi connectivity index (χ3n) is 12.0. The second kappa shape index (κ2) is 19.3. The molecule has 348 valence electrons. The highest BCUT2D eigenvalue weighted by Crippen LogP contribution is 2.34. The maximum atomic E-state index is 13.9. The first-order valence-electron chi connectivity index (χ1n) is 22.6. The Bertz CT molecular complexity index is 2790. The molecule has 3 aliphatic rings. The summed E-state index contributed by atoms with van der Waals surface area (Å²) < 4.78 is 23.8. The molecular weight excluding hydrogens is 845 g/mol. The Balaban J connectivity index is 1.14. The van der Waals surface area contributed by atoms with E-state index in [9.17, 15) is 19.2 Å². The van der Waals surface area contributed by atoms with Crippen LogP contribution in [0.4, 0.5) is 11.9 Å². The number of ether oxygens (including phenoxy) is 3. The lowest BCUT2D eigenvalue weighted by atomic mass is 10.0. The minimum absolute atomic E-state index is 0.0816. The van der Waals surface area contributed by atoms with Gasteiger partial charge in [-0.15, -0.1) is 0 Å². The quantitative estimate of drug-likeness (QED) is 0.0960. The predicted octanol–water partition coefficient (Wildman–Crippen LogP) is 5.03. The number of hydrogen-bond acceptors (Lipinski definition) is 12. The standard InChI is InChI=1S/C47H58N12O7/c1-7-33-32(21-28(3)50-33)43(62)53-45-51-34-23-30(41(48)60)25-37-39(34)57(45)15-9-10-16-58-40-35(52-46(58)54-44(63)36-22-29(4)55-59(36)8-2)24-31(26-38(40)66-19-12-18-65-37)42(61)49-13-11-14-56-17-20-64-27-47(56,5)6/h9-10,21-26,33H,7-8,11-20,27H2,1-6H3,(H2,48,60)(H,49,61)(H,51,53,62)(H,52,54,63)/b10-9+. The number of anilines is 2. The average molecular weight is 903 g/mol. The van der Waals surface area contributed by atoms with Gasteiger partial charge < -0.3 is 34.4 Å². The number of imidazole rings is 2. The highest BCUT2D eigenvalue weighted by Gasteiger charge is 2.30. The summed E-state index contributed by atoms with van der Waals surface area (Å²) in [7, 11) is 0. The van der Waals surface area contributed by atoms with Gasteiger partial charge in [-0.1, -0.05) is 19.1 Å². The molecule has 0 bridgehead atoms. The Morgan fingerprint density at radius 1 is 0.833 bits per heavy atom. The lowest BCUT2D eigenvalue weighted by molar-refractivity contribution is -0.113. The molecule has 0 aliphatic carbocycles. The number of aliphatic imine (C=N–C) groups is 1. The first-order chi connectivity index (χ1) is 31.7. The number of primary amides is 1. The van der Waals surface area contributed by atoms with Crippen LogP contribution in [0.1, 0.15) is 90.8 Å². The summed E-state index contributed by atoms with van der Waals surface area (Å²) in [5.41, 5.74) is 10.5. The highest BCUT2D eigenvalue weighted by atomic mass is 16.5. The van der Waals surface area contributed by atoms with Crippen LogP contribution in [-0.4, -0.2) is 121 Å². The zero-order valence-electron chi connectivity index (χ0n) is 38.4. The van der Waals surface area contributed by atoms with Crippen molar-refractivity contribution in [3.8, 4) is 11.5 Å². The minimum atomic E-state index is -0.660. The van der Waals surface area contributed by atoms with E-state index in [0.29, 0.717) is 95.2 Å². The molecule has 8 rings (SSSR count). The molecule has 1 atom stereocenters. The van der Waals surface area contributed by atoms with Crippen LogP contribution in [0, 0.1) is 6.92 Å². The molecule has 19 nitrogen and oxygen atoms in total. The third kappa shape index (κ3) is 9.58. The Morgan fingerprint density at radius 3 is 2.09 bits per heavy atom. The van der Waals surface area contributed by atoms with Crippen LogP contribution in [-0.2, 0) is 29.2 Å². The van der Waals surface area contributed by atoms with E-state index in [1.807, 2.05) is 49.0 Å². The van der Waals surface area contributed by atoms with E-state index in [2.05, 4.69) is 44.8 Å². The van der Waals surface area contributed by atoms with E-state index in [1.54, 1.807) is 41.1 Å². The molecule has 5 aromatic rings. The summed E-state index contributed by atoms with van der Waals surface area (Å²) in [4.78, 5) is 70.7. The van der Waals surface area contributed by atoms with Gasteiger partial charge in [-0.2, -0.15) is 5.10 Å². The maximum absolute atomic E-state index is 13.9. The monoisotopic (exact) mass is 902 g/mol. The van der Waals surface area contributed by atoms with E-state index in [4.69, 9.17) is 29.9 Å². The summed E-state index contributed by atoms with van der Waals surface area (Å²) in [5.74, 6) is -0.472. The molecule has 6 heterocycles. The number of allylic oxidation sites excluding steroid dienone is 3. The summed E-state index contributed by atoms with van der Waals surface area (Å²) in [6.07, 6.45) is 7.36. The Labute approximate surface area is 382 Å². The average Bonchev–Trinajstić information content (AvgIpc) is 4.05. The van der Waals surface area contributed by atoms with Gasteiger partial charge in [0.05, 0.1) is 49.2 Å². The highest BCUT2D eigenvalue weighted by molar-refractivity contribution is 6.12. The van der Waals surface area contributed by atoms with Crippen molar-refractivity contribution in [1.29, 1.82) is 0 Å². The van der Waals surface area contributed by atoms with Crippen molar-refractivity contribution in [1.82, 2.24) is 39.1 Å². The Kier molecular flexibility index (Phi) is 13.4. The molecule has 1 saturated heterocycles. The molecule has 0 radical (unpaired) electrons. The smallest absolute Gasteiger partial charge is 0.276 e. The second-order valence-electron chi connectivity index (χ2n) is 17.3. The van der Waals surface area contributed by atoms with Gasteiger partial charge in [0.2, 0.25) is 17.8 Å². The van der Waals surface area contributed by atoms with Gasteiger partial charge in [-0.25, -0.2) is 9.97 Å². The fraction of sp³-hybridized carbons (Fsp3) is 0.447. The molecule has 4 amide bonds. The molecule has 2 aromatic carbocycles. The van der Waals surface area contributed by atoms with Gasteiger partial charge >= 0.3 is 0 Å². The lowest BCUT2D eigenvalue weighted by Gasteiger charge is -2.42. The molecule has 0 saturated carbocycles. The summed E-state index contributed by atoms with van der Waals surface area (Å²) in [6.45, 7) is 16.6.